The standard InChI is InChI=1S/C20H24BrN3O2S2/c1-15-18(14-28-20-23-16-4-2-3-5-17(16)24-20)22-8-6-19(15)27-13-12-26-11-10-25-9-7-21/h2-6,8H,7,9-14H2,1H3,(H,23,24). The fourth-order valence-corrected chi connectivity index (χ4v) is 4.63. The van der Waals surface area contributed by atoms with Gasteiger partial charge < -0.3 is 14.5 Å². The van der Waals surface area contributed by atoms with Crippen LogP contribution in [0, 0.1) is 6.92 Å². The van der Waals surface area contributed by atoms with Crippen LogP contribution in [0.3, 0.4) is 0 Å². The number of halogens is 1. The summed E-state index contributed by atoms with van der Waals surface area (Å²) >= 11 is 6.83. The Labute approximate surface area is 182 Å². The number of hydrogen-bond acceptors (Lipinski definition) is 6. The van der Waals surface area contributed by atoms with Crippen LogP contribution in [0.5, 0.6) is 0 Å². The van der Waals surface area contributed by atoms with Gasteiger partial charge in [-0.3, -0.25) is 4.98 Å². The van der Waals surface area contributed by atoms with E-state index in [0.717, 1.165) is 45.3 Å². The van der Waals surface area contributed by atoms with E-state index < -0.39 is 0 Å². The van der Waals surface area contributed by atoms with Gasteiger partial charge in [0.2, 0.25) is 0 Å². The first-order chi connectivity index (χ1) is 13.8. The van der Waals surface area contributed by atoms with E-state index in [-0.39, 0.29) is 0 Å². The van der Waals surface area contributed by atoms with Gasteiger partial charge in [-0.05, 0) is 30.7 Å². The first kappa shape index (κ1) is 21.6. The maximum absolute atomic E-state index is 5.61. The fourth-order valence-electron chi connectivity index (χ4n) is 2.58. The highest BCUT2D eigenvalue weighted by Gasteiger charge is 2.09. The highest BCUT2D eigenvalue weighted by atomic mass is 79.9. The zero-order valence-corrected chi connectivity index (χ0v) is 19.0. The molecule has 1 N–H and O–H groups in total. The van der Waals surface area contributed by atoms with Crippen molar-refractivity contribution in [3.63, 3.8) is 0 Å². The number of alkyl halides is 1. The van der Waals surface area contributed by atoms with Gasteiger partial charge in [-0.25, -0.2) is 4.98 Å². The Hall–Kier alpha value is -1.06. The molecule has 0 atom stereocenters. The Morgan fingerprint density at radius 2 is 1.86 bits per heavy atom. The predicted octanol–water partition coefficient (Wildman–Crippen LogP) is 5.08. The minimum atomic E-state index is 0.641. The van der Waals surface area contributed by atoms with Crippen LogP contribution in [0.15, 0.2) is 46.6 Å². The molecule has 0 bridgehead atoms. The van der Waals surface area contributed by atoms with Crippen molar-refractivity contribution >= 4 is 50.5 Å². The van der Waals surface area contributed by atoms with E-state index in [0.29, 0.717) is 19.8 Å². The van der Waals surface area contributed by atoms with Gasteiger partial charge in [-0.15, -0.1) is 11.8 Å². The molecule has 5 nitrogen and oxygen atoms in total. The number of nitrogens with one attached hydrogen (secondary N) is 1. The maximum Gasteiger partial charge on any atom is 0.166 e. The highest BCUT2D eigenvalue weighted by molar-refractivity contribution is 9.09. The van der Waals surface area contributed by atoms with E-state index in [9.17, 15) is 0 Å². The number of para-hydroxylation sites is 2. The highest BCUT2D eigenvalue weighted by Crippen LogP contribution is 2.28. The summed E-state index contributed by atoms with van der Waals surface area (Å²) in [6.45, 7) is 4.87. The van der Waals surface area contributed by atoms with Crippen molar-refractivity contribution in [2.45, 2.75) is 22.7 Å². The van der Waals surface area contributed by atoms with Gasteiger partial charge in [0.1, 0.15) is 0 Å². The van der Waals surface area contributed by atoms with Crippen LogP contribution in [0.25, 0.3) is 11.0 Å². The normalized spacial score (nSPS) is 11.4. The summed E-state index contributed by atoms with van der Waals surface area (Å²) in [6.07, 6.45) is 1.89. The lowest BCUT2D eigenvalue weighted by Crippen LogP contribution is -2.07. The van der Waals surface area contributed by atoms with E-state index in [4.69, 9.17) is 9.47 Å². The molecule has 0 aliphatic carbocycles. The Morgan fingerprint density at radius 3 is 2.68 bits per heavy atom. The third-order valence-corrected chi connectivity index (χ3v) is 6.38. The molecule has 0 aliphatic heterocycles. The minimum absolute atomic E-state index is 0.641. The summed E-state index contributed by atoms with van der Waals surface area (Å²) < 4.78 is 11.0. The summed E-state index contributed by atoms with van der Waals surface area (Å²) in [5.74, 6) is 1.71. The molecule has 28 heavy (non-hydrogen) atoms. The van der Waals surface area contributed by atoms with E-state index in [2.05, 4.69) is 43.9 Å². The second kappa shape index (κ2) is 11.8. The van der Waals surface area contributed by atoms with Crippen LogP contribution in [0.1, 0.15) is 11.3 Å². The molecule has 0 spiro atoms. The molecule has 3 rings (SSSR count). The lowest BCUT2D eigenvalue weighted by atomic mass is 10.2. The number of ether oxygens (including phenoxy) is 2. The average molecular weight is 482 g/mol. The Bertz CT molecular complexity index is 843. The molecule has 0 fully saturated rings. The molecule has 2 aromatic heterocycles. The number of imidazole rings is 1. The number of pyridine rings is 1. The molecule has 0 unspecified atom stereocenters. The summed E-state index contributed by atoms with van der Waals surface area (Å²) in [5.41, 5.74) is 4.39. The number of nitrogens with zero attached hydrogens (tertiary/aromatic N) is 2. The van der Waals surface area contributed by atoms with Crippen molar-refractivity contribution in [1.29, 1.82) is 0 Å². The van der Waals surface area contributed by atoms with Crippen LogP contribution in [-0.4, -0.2) is 52.5 Å². The van der Waals surface area contributed by atoms with Crippen molar-refractivity contribution in [2.24, 2.45) is 0 Å². The molecule has 0 saturated heterocycles. The number of aromatic nitrogens is 3. The molecule has 8 heteroatoms. The molecule has 0 saturated carbocycles. The summed E-state index contributed by atoms with van der Waals surface area (Å²) in [6, 6.07) is 10.2. The number of thioether (sulfide) groups is 2. The number of H-pyrrole nitrogens is 1. The van der Waals surface area contributed by atoms with E-state index in [1.807, 2.05) is 42.2 Å². The van der Waals surface area contributed by atoms with Crippen molar-refractivity contribution in [2.75, 3.05) is 37.5 Å². The van der Waals surface area contributed by atoms with Gasteiger partial charge in [0, 0.05) is 27.9 Å². The lowest BCUT2D eigenvalue weighted by Gasteiger charge is -2.10. The summed E-state index contributed by atoms with van der Waals surface area (Å²) in [5, 5.41) is 1.79. The van der Waals surface area contributed by atoms with Crippen molar-refractivity contribution in [1.82, 2.24) is 15.0 Å². The van der Waals surface area contributed by atoms with Crippen LogP contribution in [0.2, 0.25) is 0 Å². The van der Waals surface area contributed by atoms with Crippen LogP contribution >= 0.6 is 39.5 Å². The molecule has 2 heterocycles. The average Bonchev–Trinajstić information content (AvgIpc) is 3.13. The molecule has 0 radical (unpaired) electrons. The molecule has 3 aromatic rings. The quantitative estimate of drug-likeness (QED) is 0.221. The molecular weight excluding hydrogens is 458 g/mol. The molecule has 150 valence electrons. The second-order valence-electron chi connectivity index (χ2n) is 5.99. The van der Waals surface area contributed by atoms with Crippen molar-refractivity contribution in [3.8, 4) is 0 Å². The summed E-state index contributed by atoms with van der Waals surface area (Å²) in [4.78, 5) is 13.8. The largest absolute Gasteiger partial charge is 0.378 e. The fraction of sp³-hybridized carbons (Fsp3) is 0.400. The van der Waals surface area contributed by atoms with Gasteiger partial charge in [0.25, 0.3) is 0 Å². The predicted molar refractivity (Wildman–Crippen MR) is 121 cm³/mol. The topological polar surface area (TPSA) is 60.0 Å². The Balaban J connectivity index is 1.46. The van der Waals surface area contributed by atoms with E-state index in [1.165, 1.54) is 10.5 Å². The third-order valence-electron chi connectivity index (χ3n) is 4.05. The van der Waals surface area contributed by atoms with Gasteiger partial charge in [0.15, 0.2) is 5.16 Å². The number of hydrogen-bond donors (Lipinski definition) is 1. The lowest BCUT2D eigenvalue weighted by molar-refractivity contribution is 0.0607. The van der Waals surface area contributed by atoms with Gasteiger partial charge in [-0.2, -0.15) is 0 Å². The first-order valence-corrected chi connectivity index (χ1v) is 12.2. The van der Waals surface area contributed by atoms with Crippen LogP contribution in [0.4, 0.5) is 0 Å². The van der Waals surface area contributed by atoms with Crippen LogP contribution < -0.4 is 0 Å². The maximum atomic E-state index is 5.61. The minimum Gasteiger partial charge on any atom is -0.378 e. The second-order valence-corrected chi connectivity index (χ2v) is 8.88. The number of benzene rings is 1. The monoisotopic (exact) mass is 481 g/mol. The van der Waals surface area contributed by atoms with Gasteiger partial charge in [0.05, 0.1) is 43.2 Å². The molecular formula is C20H24BrN3O2S2. The van der Waals surface area contributed by atoms with Gasteiger partial charge in [-0.1, -0.05) is 39.8 Å². The smallest absolute Gasteiger partial charge is 0.166 e. The number of rotatable bonds is 12. The summed E-state index contributed by atoms with van der Waals surface area (Å²) in [7, 11) is 0. The zero-order valence-electron chi connectivity index (χ0n) is 15.8. The SMILES string of the molecule is Cc1c(SCCOCCOCCBr)ccnc1CSc1nc2ccccc2[nH]1. The molecule has 0 amide bonds. The number of fused-ring (bicyclic) bond motifs is 1. The molecule has 0 aliphatic rings. The Morgan fingerprint density at radius 1 is 1.04 bits per heavy atom. The first-order valence-electron chi connectivity index (χ1n) is 9.14. The van der Waals surface area contributed by atoms with Crippen LogP contribution in [-0.2, 0) is 15.2 Å². The Kier molecular flexibility index (Phi) is 9.14. The number of aromatic amines is 1. The van der Waals surface area contributed by atoms with Crippen molar-refractivity contribution in [3.05, 3.63) is 47.8 Å². The zero-order chi connectivity index (χ0) is 19.6. The van der Waals surface area contributed by atoms with E-state index >= 15 is 0 Å². The molecule has 1 aromatic carbocycles. The van der Waals surface area contributed by atoms with Crippen molar-refractivity contribution < 1.29 is 9.47 Å². The van der Waals surface area contributed by atoms with E-state index in [1.54, 1.807) is 11.8 Å². The van der Waals surface area contributed by atoms with Gasteiger partial charge >= 0.3 is 0 Å². The third kappa shape index (κ3) is 6.49.